The molecule has 3 heterocycles. The lowest BCUT2D eigenvalue weighted by Gasteiger charge is -2.26. The van der Waals surface area contributed by atoms with Crippen LogP contribution in [-0.4, -0.2) is 50.2 Å². The topological polar surface area (TPSA) is 97.9 Å². The fourth-order valence-corrected chi connectivity index (χ4v) is 5.94. The van der Waals surface area contributed by atoms with Crippen LogP contribution in [0.5, 0.6) is 11.5 Å². The van der Waals surface area contributed by atoms with Crippen molar-refractivity contribution in [2.45, 2.75) is 44.2 Å². The number of aryl methyl sites for hydroxylation is 2. The summed E-state index contributed by atoms with van der Waals surface area (Å²) in [6.07, 6.45) is 1.45. The largest absolute Gasteiger partial charge is 0.486 e. The van der Waals surface area contributed by atoms with Crippen molar-refractivity contribution in [1.82, 2.24) is 9.29 Å². The van der Waals surface area contributed by atoms with Gasteiger partial charge in [0.1, 0.15) is 13.2 Å². The van der Waals surface area contributed by atoms with Gasteiger partial charge in [-0.1, -0.05) is 12.1 Å². The van der Waals surface area contributed by atoms with E-state index in [4.69, 9.17) is 14.2 Å². The Morgan fingerprint density at radius 1 is 1.03 bits per heavy atom. The molecule has 2 aliphatic heterocycles. The van der Waals surface area contributed by atoms with Crippen molar-refractivity contribution in [3.63, 3.8) is 0 Å². The number of aromatic nitrogens is 1. The standard InChI is InChI=1S/C25H28N2O6S/c1-16-5-6-18-12-19(25(28)26-24(18)17(16)2)14-27(15-20-4-3-9-31-20)34(29,30)21-7-8-22-23(13-21)33-11-10-32-22/h5-8,12-13,20H,3-4,9-11,14-15H2,1-2H3,(H,26,28)/t20-/m0/s1. The number of hydrogen-bond donors (Lipinski definition) is 1. The molecule has 1 fully saturated rings. The number of ether oxygens (including phenoxy) is 3. The van der Waals surface area contributed by atoms with Gasteiger partial charge in [-0.25, -0.2) is 8.42 Å². The summed E-state index contributed by atoms with van der Waals surface area (Å²) in [4.78, 5) is 16.0. The lowest BCUT2D eigenvalue weighted by atomic mass is 10.0. The van der Waals surface area contributed by atoms with E-state index in [1.807, 2.05) is 26.0 Å². The lowest BCUT2D eigenvalue weighted by Crippen LogP contribution is -2.38. The molecule has 5 rings (SSSR count). The number of benzene rings is 2. The number of nitrogens with zero attached hydrogens (tertiary/aromatic N) is 1. The lowest BCUT2D eigenvalue weighted by molar-refractivity contribution is 0.0925. The average Bonchev–Trinajstić information content (AvgIpc) is 3.35. The van der Waals surface area contributed by atoms with Crippen molar-refractivity contribution in [3.8, 4) is 11.5 Å². The highest BCUT2D eigenvalue weighted by molar-refractivity contribution is 7.89. The van der Waals surface area contributed by atoms with Crippen molar-refractivity contribution < 1.29 is 22.6 Å². The van der Waals surface area contributed by atoms with Crippen LogP contribution in [0.25, 0.3) is 10.9 Å². The molecule has 8 nitrogen and oxygen atoms in total. The van der Waals surface area contributed by atoms with Crippen LogP contribution in [0.15, 0.2) is 46.1 Å². The predicted octanol–water partition coefficient (Wildman–Crippen LogP) is 3.29. The molecule has 180 valence electrons. The molecule has 0 aliphatic carbocycles. The molecule has 34 heavy (non-hydrogen) atoms. The SMILES string of the molecule is Cc1ccc2cc(CN(C[C@@H]3CCCO3)S(=O)(=O)c3ccc4c(c3)OCCO4)c(=O)[nH]c2c1C. The molecule has 1 N–H and O–H groups in total. The summed E-state index contributed by atoms with van der Waals surface area (Å²) in [5.41, 5.74) is 2.94. The second-order valence-corrected chi connectivity index (χ2v) is 10.8. The van der Waals surface area contributed by atoms with E-state index < -0.39 is 10.0 Å². The minimum atomic E-state index is -3.94. The third kappa shape index (κ3) is 4.31. The summed E-state index contributed by atoms with van der Waals surface area (Å²) in [5, 5.41) is 0.867. The minimum absolute atomic E-state index is 0.0607. The molecule has 0 bridgehead atoms. The first-order chi connectivity index (χ1) is 16.3. The number of sulfonamides is 1. The molecule has 0 unspecified atom stereocenters. The highest BCUT2D eigenvalue weighted by Gasteiger charge is 2.31. The first-order valence-corrected chi connectivity index (χ1v) is 12.9. The highest BCUT2D eigenvalue weighted by atomic mass is 32.2. The molecule has 1 saturated heterocycles. The summed E-state index contributed by atoms with van der Waals surface area (Å²) >= 11 is 0. The minimum Gasteiger partial charge on any atom is -0.486 e. The van der Waals surface area contributed by atoms with Crippen molar-refractivity contribution >= 4 is 20.9 Å². The van der Waals surface area contributed by atoms with Crippen LogP contribution in [0.1, 0.15) is 29.5 Å². The van der Waals surface area contributed by atoms with Crippen LogP contribution in [0, 0.1) is 13.8 Å². The fraction of sp³-hybridized carbons (Fsp3) is 0.400. The molecule has 0 radical (unpaired) electrons. The van der Waals surface area contributed by atoms with Crippen molar-refractivity contribution in [2.24, 2.45) is 0 Å². The molecule has 0 amide bonds. The van der Waals surface area contributed by atoms with Crippen LogP contribution in [0.2, 0.25) is 0 Å². The number of H-pyrrole nitrogens is 1. The molecule has 0 saturated carbocycles. The summed E-state index contributed by atoms with van der Waals surface area (Å²) in [5.74, 6) is 0.923. The average molecular weight is 485 g/mol. The second-order valence-electron chi connectivity index (χ2n) is 8.83. The van der Waals surface area contributed by atoms with Crippen LogP contribution in [0.4, 0.5) is 0 Å². The fourth-order valence-electron chi connectivity index (χ4n) is 4.47. The van der Waals surface area contributed by atoms with E-state index in [0.29, 0.717) is 36.9 Å². The van der Waals surface area contributed by atoms with E-state index in [1.54, 1.807) is 12.1 Å². The Morgan fingerprint density at radius 3 is 2.59 bits per heavy atom. The Balaban J connectivity index is 1.53. The molecule has 2 aromatic carbocycles. The van der Waals surface area contributed by atoms with Crippen LogP contribution >= 0.6 is 0 Å². The van der Waals surface area contributed by atoms with Gasteiger partial charge in [-0.15, -0.1) is 0 Å². The maximum atomic E-state index is 13.7. The van der Waals surface area contributed by atoms with Crippen LogP contribution in [-0.2, 0) is 21.3 Å². The van der Waals surface area contributed by atoms with Gasteiger partial charge in [0.2, 0.25) is 10.0 Å². The van der Waals surface area contributed by atoms with Gasteiger partial charge >= 0.3 is 0 Å². The summed E-state index contributed by atoms with van der Waals surface area (Å²) in [7, 11) is -3.94. The quantitative estimate of drug-likeness (QED) is 0.577. The van der Waals surface area contributed by atoms with E-state index in [2.05, 4.69) is 4.98 Å². The van der Waals surface area contributed by atoms with Gasteiger partial charge in [0.15, 0.2) is 11.5 Å². The van der Waals surface area contributed by atoms with E-state index in [0.717, 1.165) is 34.9 Å². The smallest absolute Gasteiger partial charge is 0.252 e. The monoisotopic (exact) mass is 484 g/mol. The van der Waals surface area contributed by atoms with Crippen LogP contribution in [0.3, 0.4) is 0 Å². The van der Waals surface area contributed by atoms with Gasteiger partial charge in [-0.05, 0) is 61.4 Å². The molecular formula is C25H28N2O6S. The maximum Gasteiger partial charge on any atom is 0.252 e. The number of hydrogen-bond acceptors (Lipinski definition) is 6. The van der Waals surface area contributed by atoms with Crippen molar-refractivity contribution in [1.29, 1.82) is 0 Å². The highest BCUT2D eigenvalue weighted by Crippen LogP contribution is 2.34. The zero-order valence-corrected chi connectivity index (χ0v) is 20.1. The number of nitrogens with one attached hydrogen (secondary N) is 1. The van der Waals surface area contributed by atoms with E-state index in [1.165, 1.54) is 16.4 Å². The van der Waals surface area contributed by atoms with Gasteiger partial charge in [0.05, 0.1) is 16.5 Å². The number of aromatic amines is 1. The first kappa shape index (κ1) is 22.9. The molecule has 1 aromatic heterocycles. The van der Waals surface area contributed by atoms with Gasteiger partial charge in [-0.2, -0.15) is 4.31 Å². The molecular weight excluding hydrogens is 456 g/mol. The van der Waals surface area contributed by atoms with Crippen molar-refractivity contribution in [3.05, 3.63) is 63.4 Å². The third-order valence-electron chi connectivity index (χ3n) is 6.56. The van der Waals surface area contributed by atoms with E-state index in [9.17, 15) is 13.2 Å². The number of fused-ring (bicyclic) bond motifs is 2. The molecule has 9 heteroatoms. The number of rotatable bonds is 6. The van der Waals surface area contributed by atoms with Crippen molar-refractivity contribution in [2.75, 3.05) is 26.4 Å². The number of pyridine rings is 1. The van der Waals surface area contributed by atoms with Gasteiger partial charge in [-0.3, -0.25) is 4.79 Å². The van der Waals surface area contributed by atoms with Gasteiger partial charge in [0, 0.05) is 31.3 Å². The third-order valence-corrected chi connectivity index (χ3v) is 8.37. The Kier molecular flexibility index (Phi) is 6.09. The van der Waals surface area contributed by atoms with Gasteiger partial charge in [0.25, 0.3) is 5.56 Å². The van der Waals surface area contributed by atoms with Crippen LogP contribution < -0.4 is 15.0 Å². The van der Waals surface area contributed by atoms with E-state index >= 15 is 0 Å². The first-order valence-electron chi connectivity index (χ1n) is 11.5. The molecule has 3 aromatic rings. The Hall–Kier alpha value is -2.88. The normalized spacial score (nSPS) is 18.0. The zero-order valence-electron chi connectivity index (χ0n) is 19.3. The summed E-state index contributed by atoms with van der Waals surface area (Å²) < 4.78 is 45.7. The Morgan fingerprint density at radius 2 is 1.82 bits per heavy atom. The summed E-state index contributed by atoms with van der Waals surface area (Å²) in [6.45, 7) is 5.46. The Labute approximate surface area is 198 Å². The molecule has 2 aliphatic rings. The Bertz CT molecular complexity index is 1390. The second kappa shape index (κ2) is 9.05. The summed E-state index contributed by atoms with van der Waals surface area (Å²) in [6, 6.07) is 10.3. The molecule has 1 atom stereocenters. The van der Waals surface area contributed by atoms with E-state index in [-0.39, 0.29) is 29.6 Å². The molecule has 0 spiro atoms. The maximum absolute atomic E-state index is 13.7. The van der Waals surface area contributed by atoms with Gasteiger partial charge < -0.3 is 19.2 Å². The zero-order chi connectivity index (χ0) is 23.9. The predicted molar refractivity (Wildman–Crippen MR) is 128 cm³/mol.